The summed E-state index contributed by atoms with van der Waals surface area (Å²) in [6.45, 7) is 4.15. The lowest BCUT2D eigenvalue weighted by atomic mass is 10.2. The number of fused-ring (bicyclic) bond motifs is 1. The van der Waals surface area contributed by atoms with E-state index in [4.69, 9.17) is 16.3 Å². The number of hydrogen-bond acceptors (Lipinski definition) is 4. The van der Waals surface area contributed by atoms with E-state index in [2.05, 4.69) is 4.72 Å². The minimum absolute atomic E-state index is 0.0261. The average Bonchev–Trinajstić information content (AvgIpc) is 2.60. The second-order valence-electron chi connectivity index (χ2n) is 5.93. The highest BCUT2D eigenvalue weighted by Crippen LogP contribution is 2.38. The predicted molar refractivity (Wildman–Crippen MR) is 102 cm³/mol. The number of aryl methyl sites for hydroxylation is 1. The van der Waals surface area contributed by atoms with Gasteiger partial charge in [0.1, 0.15) is 17.3 Å². The maximum absolute atomic E-state index is 12.7. The van der Waals surface area contributed by atoms with Crippen LogP contribution in [0, 0.1) is 0 Å². The largest absolute Gasteiger partial charge is 0.489 e. The third kappa shape index (κ3) is 3.64. The Bertz CT molecular complexity index is 942. The van der Waals surface area contributed by atoms with Gasteiger partial charge in [-0.1, -0.05) is 30.7 Å². The minimum atomic E-state index is -3.90. The molecule has 0 spiro atoms. The van der Waals surface area contributed by atoms with Crippen molar-refractivity contribution in [2.45, 2.75) is 25.2 Å². The van der Waals surface area contributed by atoms with Crippen molar-refractivity contribution in [3.8, 4) is 5.75 Å². The summed E-state index contributed by atoms with van der Waals surface area (Å²) in [5, 5.41) is 0.0261. The molecule has 138 valence electrons. The van der Waals surface area contributed by atoms with Gasteiger partial charge in [0.15, 0.2) is 0 Å². The van der Waals surface area contributed by atoms with Crippen LogP contribution in [0.3, 0.4) is 0 Å². The Balaban J connectivity index is 1.96. The highest BCUT2D eigenvalue weighted by Gasteiger charge is 2.27. The minimum Gasteiger partial charge on any atom is -0.489 e. The molecule has 0 aliphatic carbocycles. The molecule has 0 saturated carbocycles. The summed E-state index contributed by atoms with van der Waals surface area (Å²) in [6.07, 6.45) is 0.869. The number of amides is 1. The standard InChI is InChI=1S/C18H19ClN2O4S/c1-3-13-4-6-14(7-5-13)20-26(23,24)18-11-17-16(10-15(18)19)21(12(2)22)8-9-25-17/h4-7,10-11,20H,3,8-9H2,1-2H3. The molecule has 0 radical (unpaired) electrons. The molecule has 2 aromatic rings. The van der Waals surface area contributed by atoms with Crippen molar-refractivity contribution in [3.05, 3.63) is 47.0 Å². The normalized spacial score (nSPS) is 13.7. The van der Waals surface area contributed by atoms with Crippen molar-refractivity contribution >= 4 is 38.9 Å². The summed E-state index contributed by atoms with van der Waals surface area (Å²) < 4.78 is 33.5. The number of ether oxygens (including phenoxy) is 1. The zero-order valence-electron chi connectivity index (χ0n) is 14.5. The Morgan fingerprint density at radius 1 is 1.27 bits per heavy atom. The summed E-state index contributed by atoms with van der Waals surface area (Å²) >= 11 is 6.22. The maximum atomic E-state index is 12.7. The lowest BCUT2D eigenvalue weighted by Crippen LogP contribution is -2.36. The highest BCUT2D eigenvalue weighted by molar-refractivity contribution is 7.92. The molecule has 3 rings (SSSR count). The van der Waals surface area contributed by atoms with Crippen LogP contribution in [0.1, 0.15) is 19.4 Å². The number of benzene rings is 2. The fraction of sp³-hybridized carbons (Fsp3) is 0.278. The molecule has 26 heavy (non-hydrogen) atoms. The van der Waals surface area contributed by atoms with E-state index in [1.54, 1.807) is 12.1 Å². The van der Waals surface area contributed by atoms with Crippen molar-refractivity contribution in [1.29, 1.82) is 0 Å². The van der Waals surface area contributed by atoms with Crippen molar-refractivity contribution in [1.82, 2.24) is 0 Å². The number of nitrogens with one attached hydrogen (secondary N) is 1. The Labute approximate surface area is 157 Å². The molecule has 1 N–H and O–H groups in total. The van der Waals surface area contributed by atoms with Gasteiger partial charge in [0.05, 0.1) is 17.3 Å². The third-order valence-corrected chi connectivity index (χ3v) is 6.01. The molecule has 0 aromatic heterocycles. The average molecular weight is 395 g/mol. The van der Waals surface area contributed by atoms with Crippen molar-refractivity contribution in [2.24, 2.45) is 0 Å². The van der Waals surface area contributed by atoms with Gasteiger partial charge >= 0.3 is 0 Å². The van der Waals surface area contributed by atoms with Crippen LogP contribution in [0.4, 0.5) is 11.4 Å². The number of carbonyl (C=O) groups is 1. The smallest absolute Gasteiger partial charge is 0.263 e. The lowest BCUT2D eigenvalue weighted by molar-refractivity contribution is -0.116. The molecule has 0 atom stereocenters. The summed E-state index contributed by atoms with van der Waals surface area (Å²) in [6, 6.07) is 9.94. The first-order valence-corrected chi connectivity index (χ1v) is 10.0. The number of rotatable bonds is 4. The van der Waals surface area contributed by atoms with E-state index in [0.717, 1.165) is 12.0 Å². The van der Waals surface area contributed by atoms with Gasteiger partial charge in [-0.15, -0.1) is 0 Å². The molecule has 0 fully saturated rings. The van der Waals surface area contributed by atoms with Crippen LogP contribution >= 0.6 is 11.6 Å². The quantitative estimate of drug-likeness (QED) is 0.861. The fourth-order valence-corrected chi connectivity index (χ4v) is 4.37. The summed E-state index contributed by atoms with van der Waals surface area (Å²) in [4.78, 5) is 13.2. The molecule has 0 unspecified atom stereocenters. The van der Waals surface area contributed by atoms with Gasteiger partial charge in [-0.2, -0.15) is 0 Å². The van der Waals surface area contributed by atoms with E-state index in [1.165, 1.54) is 24.0 Å². The predicted octanol–water partition coefficient (Wildman–Crippen LogP) is 3.45. The Morgan fingerprint density at radius 3 is 2.58 bits per heavy atom. The molecular formula is C18H19ClN2O4S. The number of halogens is 1. The van der Waals surface area contributed by atoms with E-state index in [0.29, 0.717) is 30.3 Å². The molecule has 1 aliphatic rings. The number of nitrogens with zero attached hydrogens (tertiary/aromatic N) is 1. The molecule has 0 saturated heterocycles. The molecule has 0 bridgehead atoms. The van der Waals surface area contributed by atoms with Crippen LogP contribution in [0.15, 0.2) is 41.3 Å². The molecule has 1 amide bonds. The van der Waals surface area contributed by atoms with E-state index < -0.39 is 10.0 Å². The van der Waals surface area contributed by atoms with Crippen molar-refractivity contribution in [3.63, 3.8) is 0 Å². The van der Waals surface area contributed by atoms with Gasteiger partial charge < -0.3 is 9.64 Å². The van der Waals surface area contributed by atoms with Gasteiger partial charge in [-0.25, -0.2) is 8.42 Å². The van der Waals surface area contributed by atoms with Crippen LogP contribution in [-0.2, 0) is 21.2 Å². The van der Waals surface area contributed by atoms with Crippen LogP contribution in [-0.4, -0.2) is 27.5 Å². The third-order valence-electron chi connectivity index (χ3n) is 4.16. The zero-order chi connectivity index (χ0) is 18.9. The SMILES string of the molecule is CCc1ccc(NS(=O)(=O)c2cc3c(cc2Cl)N(C(C)=O)CCO3)cc1. The number of sulfonamides is 1. The van der Waals surface area contributed by atoms with Gasteiger partial charge in [0.25, 0.3) is 10.0 Å². The Kier molecular flexibility index (Phi) is 5.11. The van der Waals surface area contributed by atoms with Crippen LogP contribution in [0.25, 0.3) is 0 Å². The van der Waals surface area contributed by atoms with E-state index in [1.807, 2.05) is 19.1 Å². The van der Waals surface area contributed by atoms with Gasteiger partial charge in [0, 0.05) is 18.7 Å². The molecule has 6 nitrogen and oxygen atoms in total. The second kappa shape index (κ2) is 7.17. The van der Waals surface area contributed by atoms with E-state index in [-0.39, 0.29) is 15.8 Å². The molecule has 1 aliphatic heterocycles. The summed E-state index contributed by atoms with van der Waals surface area (Å²) in [5.74, 6) is 0.160. The van der Waals surface area contributed by atoms with E-state index in [9.17, 15) is 13.2 Å². The number of carbonyl (C=O) groups excluding carboxylic acids is 1. The molecular weight excluding hydrogens is 376 g/mol. The molecule has 2 aromatic carbocycles. The second-order valence-corrected chi connectivity index (χ2v) is 7.98. The first-order valence-electron chi connectivity index (χ1n) is 8.18. The van der Waals surface area contributed by atoms with Crippen molar-refractivity contribution < 1.29 is 17.9 Å². The van der Waals surface area contributed by atoms with Crippen LogP contribution < -0.4 is 14.4 Å². The fourth-order valence-electron chi connectivity index (χ4n) is 2.77. The summed E-state index contributed by atoms with van der Waals surface area (Å²) in [5.41, 5.74) is 2.03. The van der Waals surface area contributed by atoms with Crippen molar-refractivity contribution in [2.75, 3.05) is 22.8 Å². The number of hydrogen-bond donors (Lipinski definition) is 1. The monoisotopic (exact) mass is 394 g/mol. The highest BCUT2D eigenvalue weighted by atomic mass is 35.5. The first kappa shape index (κ1) is 18.5. The maximum Gasteiger partial charge on any atom is 0.263 e. The topological polar surface area (TPSA) is 75.7 Å². The van der Waals surface area contributed by atoms with Gasteiger partial charge in [-0.05, 0) is 30.2 Å². The van der Waals surface area contributed by atoms with Crippen LogP contribution in [0.2, 0.25) is 5.02 Å². The molecule has 8 heteroatoms. The first-order chi connectivity index (χ1) is 12.3. The lowest BCUT2D eigenvalue weighted by Gasteiger charge is -2.29. The zero-order valence-corrected chi connectivity index (χ0v) is 16.0. The Hall–Kier alpha value is -2.25. The summed E-state index contributed by atoms with van der Waals surface area (Å²) in [7, 11) is -3.90. The van der Waals surface area contributed by atoms with Gasteiger partial charge in [-0.3, -0.25) is 9.52 Å². The van der Waals surface area contributed by atoms with Crippen LogP contribution in [0.5, 0.6) is 5.75 Å². The van der Waals surface area contributed by atoms with Gasteiger partial charge in [0.2, 0.25) is 5.91 Å². The van der Waals surface area contributed by atoms with E-state index >= 15 is 0 Å². The molecule has 1 heterocycles. The number of anilines is 2. The Morgan fingerprint density at radius 2 is 1.96 bits per heavy atom.